The Kier molecular flexibility index (Phi) is 10.8. The Labute approximate surface area is 124 Å². The molecule has 0 aromatic heterocycles. The van der Waals surface area contributed by atoms with Gasteiger partial charge in [-0.05, 0) is 12.8 Å². The van der Waals surface area contributed by atoms with Gasteiger partial charge in [0.1, 0.15) is 13.2 Å². The van der Waals surface area contributed by atoms with E-state index in [1.54, 1.807) is 0 Å². The van der Waals surface area contributed by atoms with Crippen molar-refractivity contribution in [1.82, 2.24) is 0 Å². The Morgan fingerprint density at radius 2 is 1.50 bits per heavy atom. The summed E-state index contributed by atoms with van der Waals surface area (Å²) in [7, 11) is 0.0543. The lowest BCUT2D eigenvalue weighted by molar-refractivity contribution is -0.890. The summed E-state index contributed by atoms with van der Waals surface area (Å²) in [6.45, 7) is 6.38. The van der Waals surface area contributed by atoms with Crippen molar-refractivity contribution in [2.24, 2.45) is 0 Å². The highest BCUT2D eigenvalue weighted by atomic mass is 31.2. The smallest absolute Gasteiger partial charge is 0.268 e. The van der Waals surface area contributed by atoms with Gasteiger partial charge in [0.05, 0.1) is 27.2 Å². The summed E-state index contributed by atoms with van der Waals surface area (Å²) in [5.74, 6) is 0. The lowest BCUT2D eigenvalue weighted by Gasteiger charge is -2.31. The number of hydrogen-bond donors (Lipinski definition) is 0. The zero-order valence-electron chi connectivity index (χ0n) is 13.6. The van der Waals surface area contributed by atoms with E-state index in [1.165, 1.54) is 0 Å². The van der Waals surface area contributed by atoms with Crippen LogP contribution in [-0.2, 0) is 13.6 Å². The molecule has 0 radical (unpaired) electrons. The van der Waals surface area contributed by atoms with Gasteiger partial charge in [0.2, 0.25) is 0 Å². The van der Waals surface area contributed by atoms with Crippen molar-refractivity contribution in [1.29, 1.82) is 0 Å². The zero-order chi connectivity index (χ0) is 15.5. The van der Waals surface area contributed by atoms with E-state index in [1.807, 2.05) is 0 Å². The Morgan fingerprint density at radius 3 is 2.10 bits per heavy atom. The first-order valence-corrected chi connectivity index (χ1v) is 9.21. The molecule has 5 nitrogen and oxygen atoms in total. The summed E-state index contributed by atoms with van der Waals surface area (Å²) in [6.07, 6.45) is 6.27. The van der Waals surface area contributed by atoms with Gasteiger partial charge in [0.15, 0.2) is 0 Å². The Hall–Kier alpha value is 0.0700. The van der Waals surface area contributed by atoms with Gasteiger partial charge in [-0.1, -0.05) is 39.5 Å². The fourth-order valence-corrected chi connectivity index (χ4v) is 2.57. The first-order valence-electron chi connectivity index (χ1n) is 7.75. The molecule has 0 saturated heterocycles. The maximum absolute atomic E-state index is 11.5. The van der Waals surface area contributed by atoms with E-state index >= 15 is 0 Å². The van der Waals surface area contributed by atoms with Crippen molar-refractivity contribution in [2.45, 2.75) is 52.4 Å². The third kappa shape index (κ3) is 11.9. The maximum Gasteiger partial charge on any atom is 0.268 e. The van der Waals surface area contributed by atoms with Gasteiger partial charge in [-0.2, -0.15) is 0 Å². The minimum atomic E-state index is -4.11. The molecule has 0 fully saturated rings. The first-order chi connectivity index (χ1) is 9.33. The van der Waals surface area contributed by atoms with Crippen LogP contribution in [0.1, 0.15) is 52.4 Å². The summed E-state index contributed by atoms with van der Waals surface area (Å²) in [6, 6.07) is 0. The molecule has 0 saturated carbocycles. The van der Waals surface area contributed by atoms with Crippen LogP contribution in [0.15, 0.2) is 0 Å². The molecule has 0 aliphatic carbocycles. The standard InChI is InChI=1S/C14H32NO4P/c1-5-7-9-10-13-18-20(16,17)19-14-12-15(3,4)11-8-6-2/h5-14H2,1-4H3. The molecular weight excluding hydrogens is 277 g/mol. The van der Waals surface area contributed by atoms with Gasteiger partial charge >= 0.3 is 0 Å². The number of rotatable bonds is 13. The maximum atomic E-state index is 11.5. The second kappa shape index (κ2) is 10.7. The summed E-state index contributed by atoms with van der Waals surface area (Å²) >= 11 is 0. The van der Waals surface area contributed by atoms with Crippen LogP contribution in [0.3, 0.4) is 0 Å². The molecular formula is C14H32NO4P. The molecule has 0 rings (SSSR count). The van der Waals surface area contributed by atoms with E-state index in [4.69, 9.17) is 9.05 Å². The van der Waals surface area contributed by atoms with Crippen molar-refractivity contribution in [2.75, 3.05) is 40.4 Å². The number of hydrogen-bond acceptors (Lipinski definition) is 4. The van der Waals surface area contributed by atoms with Gasteiger partial charge in [-0.25, -0.2) is 0 Å². The van der Waals surface area contributed by atoms with Crippen molar-refractivity contribution in [3.05, 3.63) is 0 Å². The van der Waals surface area contributed by atoms with Crippen molar-refractivity contribution >= 4 is 7.82 Å². The van der Waals surface area contributed by atoms with E-state index in [-0.39, 0.29) is 13.2 Å². The highest BCUT2D eigenvalue weighted by Crippen LogP contribution is 2.38. The molecule has 6 heteroatoms. The van der Waals surface area contributed by atoms with Gasteiger partial charge in [-0.15, -0.1) is 0 Å². The number of unbranched alkanes of at least 4 members (excludes halogenated alkanes) is 4. The molecule has 0 aromatic carbocycles. The van der Waals surface area contributed by atoms with Crippen LogP contribution in [-0.4, -0.2) is 44.9 Å². The summed E-state index contributed by atoms with van der Waals surface area (Å²) < 4.78 is 22.1. The predicted molar refractivity (Wildman–Crippen MR) is 80.4 cm³/mol. The minimum absolute atomic E-state index is 0.187. The predicted octanol–water partition coefficient (Wildman–Crippen LogP) is 2.94. The molecule has 20 heavy (non-hydrogen) atoms. The van der Waals surface area contributed by atoms with Crippen LogP contribution in [0.4, 0.5) is 0 Å². The van der Waals surface area contributed by atoms with Crippen LogP contribution in [0.25, 0.3) is 0 Å². The average molecular weight is 309 g/mol. The Morgan fingerprint density at radius 1 is 0.900 bits per heavy atom. The highest BCUT2D eigenvalue weighted by Gasteiger charge is 2.16. The molecule has 0 aliphatic heterocycles. The normalized spacial score (nSPS) is 15.2. The lowest BCUT2D eigenvalue weighted by Crippen LogP contribution is -2.43. The second-order valence-corrected chi connectivity index (χ2v) is 7.32. The lowest BCUT2D eigenvalue weighted by atomic mass is 10.2. The molecule has 1 unspecified atom stereocenters. The monoisotopic (exact) mass is 309 g/mol. The third-order valence-electron chi connectivity index (χ3n) is 3.31. The van der Waals surface area contributed by atoms with Crippen LogP contribution < -0.4 is 4.89 Å². The largest absolute Gasteiger partial charge is 0.756 e. The first kappa shape index (κ1) is 20.1. The van der Waals surface area contributed by atoms with E-state index in [0.717, 1.165) is 49.6 Å². The summed E-state index contributed by atoms with van der Waals surface area (Å²) in [4.78, 5) is 11.5. The average Bonchev–Trinajstić information content (AvgIpc) is 2.35. The van der Waals surface area contributed by atoms with Crippen LogP contribution >= 0.6 is 7.82 Å². The second-order valence-electron chi connectivity index (χ2n) is 5.91. The molecule has 0 aromatic rings. The van der Waals surface area contributed by atoms with Crippen LogP contribution in [0.5, 0.6) is 0 Å². The third-order valence-corrected chi connectivity index (χ3v) is 4.31. The summed E-state index contributed by atoms with van der Waals surface area (Å²) in [5.41, 5.74) is 0. The summed E-state index contributed by atoms with van der Waals surface area (Å²) in [5, 5.41) is 0. The highest BCUT2D eigenvalue weighted by molar-refractivity contribution is 7.45. The van der Waals surface area contributed by atoms with Gasteiger partial charge in [-0.3, -0.25) is 4.57 Å². The molecule has 0 bridgehead atoms. The molecule has 1 atom stereocenters. The van der Waals surface area contributed by atoms with Crippen LogP contribution in [0.2, 0.25) is 0 Å². The molecule has 0 N–H and O–H groups in total. The van der Waals surface area contributed by atoms with E-state index in [2.05, 4.69) is 27.9 Å². The van der Waals surface area contributed by atoms with Gasteiger partial charge in [0, 0.05) is 0 Å². The number of phosphoric acid groups is 1. The number of likely N-dealkylation sites (N-methyl/N-ethyl adjacent to an activating group) is 1. The van der Waals surface area contributed by atoms with E-state index in [0.29, 0.717) is 6.54 Å². The van der Waals surface area contributed by atoms with Crippen molar-refractivity contribution in [3.8, 4) is 0 Å². The molecule has 0 amide bonds. The fraction of sp³-hybridized carbons (Fsp3) is 1.00. The SMILES string of the molecule is CCCCCCOP(=O)([O-])OCC[N+](C)(C)CCCC. The molecule has 0 aliphatic rings. The number of nitrogens with zero attached hydrogens (tertiary/aromatic N) is 1. The number of quaternary nitrogens is 1. The molecule has 0 spiro atoms. The van der Waals surface area contributed by atoms with E-state index < -0.39 is 7.82 Å². The van der Waals surface area contributed by atoms with Crippen molar-refractivity contribution < 1.29 is 23.0 Å². The Balaban J connectivity index is 3.78. The van der Waals surface area contributed by atoms with Crippen LogP contribution in [0, 0.1) is 0 Å². The van der Waals surface area contributed by atoms with Crippen molar-refractivity contribution in [3.63, 3.8) is 0 Å². The molecule has 0 heterocycles. The van der Waals surface area contributed by atoms with Gasteiger partial charge in [0.25, 0.3) is 7.82 Å². The van der Waals surface area contributed by atoms with Gasteiger partial charge < -0.3 is 18.4 Å². The van der Waals surface area contributed by atoms with E-state index in [9.17, 15) is 9.46 Å². The quantitative estimate of drug-likeness (QED) is 0.298. The molecule has 122 valence electrons. The Bertz CT molecular complexity index is 284. The minimum Gasteiger partial charge on any atom is -0.756 e. The zero-order valence-corrected chi connectivity index (χ0v) is 14.5. The number of phosphoric ester groups is 1. The topological polar surface area (TPSA) is 58.6 Å². The fourth-order valence-electron chi connectivity index (χ4n) is 1.84.